The summed E-state index contributed by atoms with van der Waals surface area (Å²) in [5, 5.41) is 3.63. The van der Waals surface area contributed by atoms with Crippen molar-refractivity contribution >= 4 is 5.91 Å². The first-order chi connectivity index (χ1) is 9.76. The van der Waals surface area contributed by atoms with E-state index in [4.69, 9.17) is 4.74 Å². The van der Waals surface area contributed by atoms with Crippen molar-refractivity contribution in [3.63, 3.8) is 0 Å². The molecule has 1 saturated heterocycles. The molecule has 2 fully saturated rings. The van der Waals surface area contributed by atoms with Crippen molar-refractivity contribution in [2.75, 3.05) is 26.3 Å². The first kappa shape index (κ1) is 15.8. The Balaban J connectivity index is 1.84. The number of rotatable bonds is 6. The number of hydrogen-bond donors (Lipinski definition) is 1. The van der Waals surface area contributed by atoms with E-state index in [2.05, 4.69) is 12.2 Å². The lowest BCUT2D eigenvalue weighted by Crippen LogP contribution is -2.56. The standard InChI is InChI=1S/C16H30N2O2/c1-3-18(11-12-20-4-2)16(19)15-10-9-13-7-5-6-8-14(13)17-15/h13-15,17H,3-12H2,1-2H3. The number of nitrogens with zero attached hydrogens (tertiary/aromatic N) is 1. The second kappa shape index (κ2) is 7.99. The van der Waals surface area contributed by atoms with Gasteiger partial charge in [-0.15, -0.1) is 0 Å². The Hall–Kier alpha value is -0.610. The molecule has 2 aliphatic rings. The van der Waals surface area contributed by atoms with Gasteiger partial charge in [0.1, 0.15) is 0 Å². The first-order valence-electron chi connectivity index (χ1n) is 8.38. The summed E-state index contributed by atoms with van der Waals surface area (Å²) in [6.45, 7) is 6.90. The molecule has 3 atom stereocenters. The van der Waals surface area contributed by atoms with E-state index in [1.54, 1.807) is 0 Å². The molecule has 1 heterocycles. The lowest BCUT2D eigenvalue weighted by atomic mass is 9.77. The highest BCUT2D eigenvalue weighted by molar-refractivity contribution is 5.82. The number of nitrogens with one attached hydrogen (secondary N) is 1. The summed E-state index contributed by atoms with van der Waals surface area (Å²) in [7, 11) is 0. The van der Waals surface area contributed by atoms with Gasteiger partial charge in [-0.2, -0.15) is 0 Å². The van der Waals surface area contributed by atoms with Gasteiger partial charge in [-0.05, 0) is 45.4 Å². The van der Waals surface area contributed by atoms with Crippen LogP contribution in [0, 0.1) is 5.92 Å². The molecular formula is C16H30N2O2. The molecule has 1 N–H and O–H groups in total. The third-order valence-corrected chi connectivity index (χ3v) is 4.85. The summed E-state index contributed by atoms with van der Waals surface area (Å²) >= 11 is 0. The third kappa shape index (κ3) is 3.95. The van der Waals surface area contributed by atoms with E-state index < -0.39 is 0 Å². The van der Waals surface area contributed by atoms with E-state index in [-0.39, 0.29) is 11.9 Å². The Kier molecular flexibility index (Phi) is 6.30. The van der Waals surface area contributed by atoms with Gasteiger partial charge in [0, 0.05) is 25.7 Å². The fourth-order valence-corrected chi connectivity index (χ4v) is 3.65. The van der Waals surface area contributed by atoms with Gasteiger partial charge >= 0.3 is 0 Å². The van der Waals surface area contributed by atoms with Crippen LogP contribution in [0.4, 0.5) is 0 Å². The van der Waals surface area contributed by atoms with E-state index in [1.165, 1.54) is 32.1 Å². The van der Waals surface area contributed by atoms with Crippen LogP contribution in [-0.2, 0) is 9.53 Å². The number of fused-ring (bicyclic) bond motifs is 1. The molecular weight excluding hydrogens is 252 g/mol. The highest BCUT2D eigenvalue weighted by Crippen LogP contribution is 2.32. The predicted molar refractivity (Wildman–Crippen MR) is 80.7 cm³/mol. The number of ether oxygens (including phenoxy) is 1. The highest BCUT2D eigenvalue weighted by atomic mass is 16.5. The van der Waals surface area contributed by atoms with E-state index in [9.17, 15) is 4.79 Å². The van der Waals surface area contributed by atoms with Crippen LogP contribution < -0.4 is 5.32 Å². The average Bonchev–Trinajstić information content (AvgIpc) is 2.50. The summed E-state index contributed by atoms with van der Waals surface area (Å²) in [5.41, 5.74) is 0. The number of carbonyl (C=O) groups is 1. The summed E-state index contributed by atoms with van der Waals surface area (Å²) in [4.78, 5) is 14.5. The minimum Gasteiger partial charge on any atom is -0.380 e. The van der Waals surface area contributed by atoms with Crippen molar-refractivity contribution in [2.45, 2.75) is 64.5 Å². The summed E-state index contributed by atoms with van der Waals surface area (Å²) in [6, 6.07) is 0.618. The molecule has 0 bridgehead atoms. The summed E-state index contributed by atoms with van der Waals surface area (Å²) in [6.07, 6.45) is 7.51. The molecule has 20 heavy (non-hydrogen) atoms. The Labute approximate surface area is 123 Å². The molecule has 0 radical (unpaired) electrons. The molecule has 0 aromatic rings. The SMILES string of the molecule is CCOCCN(CC)C(=O)C1CCC2CCCCC2N1. The van der Waals surface area contributed by atoms with Crippen LogP contribution in [0.1, 0.15) is 52.4 Å². The van der Waals surface area contributed by atoms with Crippen LogP contribution >= 0.6 is 0 Å². The Morgan fingerprint density at radius 1 is 1.20 bits per heavy atom. The fraction of sp³-hybridized carbons (Fsp3) is 0.938. The maximum absolute atomic E-state index is 12.6. The summed E-state index contributed by atoms with van der Waals surface area (Å²) < 4.78 is 5.37. The average molecular weight is 282 g/mol. The van der Waals surface area contributed by atoms with Crippen molar-refractivity contribution in [1.82, 2.24) is 10.2 Å². The van der Waals surface area contributed by atoms with Gasteiger partial charge in [-0.25, -0.2) is 0 Å². The normalized spacial score (nSPS) is 29.8. The minimum absolute atomic E-state index is 0.0379. The molecule has 116 valence electrons. The van der Waals surface area contributed by atoms with Crippen molar-refractivity contribution in [3.8, 4) is 0 Å². The van der Waals surface area contributed by atoms with Gasteiger partial charge in [-0.3, -0.25) is 4.79 Å². The summed E-state index contributed by atoms with van der Waals surface area (Å²) in [5.74, 6) is 1.09. The maximum atomic E-state index is 12.6. The van der Waals surface area contributed by atoms with Gasteiger partial charge in [0.15, 0.2) is 0 Å². The maximum Gasteiger partial charge on any atom is 0.239 e. The van der Waals surface area contributed by atoms with Crippen LogP contribution in [0.3, 0.4) is 0 Å². The van der Waals surface area contributed by atoms with Crippen LogP contribution in [0.2, 0.25) is 0 Å². The molecule has 1 aliphatic heterocycles. The predicted octanol–water partition coefficient (Wildman–Crippen LogP) is 2.18. The highest BCUT2D eigenvalue weighted by Gasteiger charge is 2.35. The van der Waals surface area contributed by atoms with Gasteiger partial charge in [0.05, 0.1) is 12.6 Å². The molecule has 1 amide bonds. The van der Waals surface area contributed by atoms with Crippen LogP contribution in [0.25, 0.3) is 0 Å². The molecule has 2 rings (SSSR count). The molecule has 4 heteroatoms. The van der Waals surface area contributed by atoms with Gasteiger partial charge in [-0.1, -0.05) is 12.8 Å². The topological polar surface area (TPSA) is 41.6 Å². The largest absolute Gasteiger partial charge is 0.380 e. The van der Waals surface area contributed by atoms with Crippen molar-refractivity contribution in [2.24, 2.45) is 5.92 Å². The Morgan fingerprint density at radius 3 is 2.75 bits per heavy atom. The number of piperidine rings is 1. The monoisotopic (exact) mass is 282 g/mol. The number of amides is 1. The van der Waals surface area contributed by atoms with Crippen molar-refractivity contribution in [1.29, 1.82) is 0 Å². The molecule has 0 aromatic heterocycles. The fourth-order valence-electron chi connectivity index (χ4n) is 3.65. The zero-order valence-corrected chi connectivity index (χ0v) is 13.1. The molecule has 3 unspecified atom stereocenters. The Morgan fingerprint density at radius 2 is 2.00 bits per heavy atom. The number of carbonyl (C=O) groups excluding carboxylic acids is 1. The van der Waals surface area contributed by atoms with E-state index in [0.717, 1.165) is 32.0 Å². The second-order valence-electron chi connectivity index (χ2n) is 6.06. The smallest absolute Gasteiger partial charge is 0.239 e. The van der Waals surface area contributed by atoms with Gasteiger partial charge < -0.3 is 15.0 Å². The van der Waals surface area contributed by atoms with Gasteiger partial charge in [0.25, 0.3) is 0 Å². The number of likely N-dealkylation sites (N-methyl/N-ethyl adjacent to an activating group) is 1. The third-order valence-electron chi connectivity index (χ3n) is 4.85. The molecule has 1 saturated carbocycles. The molecule has 0 aromatic carbocycles. The quantitative estimate of drug-likeness (QED) is 0.759. The second-order valence-corrected chi connectivity index (χ2v) is 6.06. The van der Waals surface area contributed by atoms with E-state index in [0.29, 0.717) is 12.6 Å². The van der Waals surface area contributed by atoms with Crippen LogP contribution in [0.15, 0.2) is 0 Å². The molecule has 4 nitrogen and oxygen atoms in total. The molecule has 1 aliphatic carbocycles. The molecule has 0 spiro atoms. The zero-order valence-electron chi connectivity index (χ0n) is 13.1. The lowest BCUT2D eigenvalue weighted by Gasteiger charge is -2.41. The lowest BCUT2D eigenvalue weighted by molar-refractivity contribution is -0.135. The van der Waals surface area contributed by atoms with Crippen molar-refractivity contribution < 1.29 is 9.53 Å². The first-order valence-corrected chi connectivity index (χ1v) is 8.38. The minimum atomic E-state index is 0.0379. The van der Waals surface area contributed by atoms with E-state index >= 15 is 0 Å². The van der Waals surface area contributed by atoms with E-state index in [1.807, 2.05) is 11.8 Å². The van der Waals surface area contributed by atoms with Gasteiger partial charge in [0.2, 0.25) is 5.91 Å². The van der Waals surface area contributed by atoms with Crippen LogP contribution in [-0.4, -0.2) is 49.2 Å². The zero-order chi connectivity index (χ0) is 14.4. The van der Waals surface area contributed by atoms with Crippen LogP contribution in [0.5, 0.6) is 0 Å². The number of hydrogen-bond acceptors (Lipinski definition) is 3. The Bertz CT molecular complexity index is 309. The van der Waals surface area contributed by atoms with Crippen molar-refractivity contribution in [3.05, 3.63) is 0 Å².